The number of ether oxygens (including phenoxy) is 2. The van der Waals surface area contributed by atoms with Gasteiger partial charge in [0.05, 0.1) is 23.9 Å². The van der Waals surface area contributed by atoms with E-state index >= 15 is 8.78 Å². The van der Waals surface area contributed by atoms with Gasteiger partial charge in [-0.3, -0.25) is 0 Å². The van der Waals surface area contributed by atoms with Crippen LogP contribution in [0.3, 0.4) is 0 Å². The van der Waals surface area contributed by atoms with Crippen LogP contribution in [0, 0.1) is 11.6 Å². The quantitative estimate of drug-likeness (QED) is 0.153. The van der Waals surface area contributed by atoms with Gasteiger partial charge in [0.25, 0.3) is 0 Å². The van der Waals surface area contributed by atoms with Crippen molar-refractivity contribution in [1.82, 2.24) is 8.75 Å². The van der Waals surface area contributed by atoms with E-state index in [0.717, 1.165) is 78.9 Å². The second-order valence-electron chi connectivity index (χ2n) is 18.0. The summed E-state index contributed by atoms with van der Waals surface area (Å²) in [5, 5.41) is 0. The fourth-order valence-electron chi connectivity index (χ4n) is 9.61. The average Bonchev–Trinajstić information content (AvgIpc) is 3.87. The Kier molecular flexibility index (Phi) is 9.08. The summed E-state index contributed by atoms with van der Waals surface area (Å²) in [5.74, 6) is -0.163. The molecule has 0 N–H and O–H groups in total. The highest BCUT2D eigenvalue weighted by molar-refractivity contribution is 7.00. The Balaban J connectivity index is 0.994. The first-order valence-corrected chi connectivity index (χ1v) is 21.7. The van der Waals surface area contributed by atoms with Crippen LogP contribution in [0.2, 0.25) is 0 Å². The molecule has 0 atom stereocenters. The van der Waals surface area contributed by atoms with Crippen LogP contribution in [0.4, 0.5) is 8.78 Å². The third kappa shape index (κ3) is 6.27. The molecule has 61 heavy (non-hydrogen) atoms. The van der Waals surface area contributed by atoms with Crippen molar-refractivity contribution in [3.8, 4) is 78.3 Å². The standard InChI is InChI=1S/C54H46F2N2O2S/c1-29(2)59-37-17-9-31(10-18-37)33-13-21-39-41-23-15-35(27-45(41)53(5,6)43(39)25-33)47-49(55)50(56)48(52-51(47)57-61-58-52)36-16-24-42-40-22-14-34(26-44(40)54(7,8)46(42)28-36)32-11-19-38(20-12-32)60-30(3)4/h9-30H,1-8H3. The molecule has 0 saturated heterocycles. The molecule has 304 valence electrons. The van der Waals surface area contributed by atoms with Gasteiger partial charge in [-0.25, -0.2) is 8.78 Å². The molecule has 0 unspecified atom stereocenters. The Bertz CT molecular complexity index is 2850. The van der Waals surface area contributed by atoms with Crippen LogP contribution < -0.4 is 9.47 Å². The zero-order valence-corrected chi connectivity index (χ0v) is 36.4. The van der Waals surface area contributed by atoms with Crippen LogP contribution in [-0.2, 0) is 10.8 Å². The van der Waals surface area contributed by atoms with E-state index < -0.39 is 22.5 Å². The van der Waals surface area contributed by atoms with Crippen molar-refractivity contribution < 1.29 is 18.3 Å². The predicted molar refractivity (Wildman–Crippen MR) is 246 cm³/mol. The first-order chi connectivity index (χ1) is 29.2. The van der Waals surface area contributed by atoms with Crippen LogP contribution in [0.5, 0.6) is 11.5 Å². The number of hydrogen-bond acceptors (Lipinski definition) is 5. The molecule has 0 aliphatic heterocycles. The number of hydrogen-bond donors (Lipinski definition) is 0. The van der Waals surface area contributed by atoms with Crippen LogP contribution in [0.15, 0.2) is 121 Å². The highest BCUT2D eigenvalue weighted by atomic mass is 32.1. The largest absolute Gasteiger partial charge is 0.491 e. The number of rotatable bonds is 8. The number of halogens is 2. The van der Waals surface area contributed by atoms with Crippen molar-refractivity contribution in [2.45, 2.75) is 78.4 Å². The Hall–Kier alpha value is -6.18. The van der Waals surface area contributed by atoms with Crippen LogP contribution in [0.1, 0.15) is 77.6 Å². The SMILES string of the molecule is CC(C)Oc1ccc(-c2ccc3c(c2)C(C)(C)c2cc(-c4c(F)c(F)c(-c5ccc6c(c5)C(C)(C)c5cc(-c7ccc(OC(C)C)cc7)ccc5-6)c5nsnc45)ccc2-3)cc1. The topological polar surface area (TPSA) is 44.2 Å². The van der Waals surface area contributed by atoms with Gasteiger partial charge in [0.2, 0.25) is 0 Å². The van der Waals surface area contributed by atoms with Crippen molar-refractivity contribution in [2.24, 2.45) is 0 Å². The lowest BCUT2D eigenvalue weighted by Gasteiger charge is -2.23. The Morgan fingerprint density at radius 1 is 0.426 bits per heavy atom. The molecule has 0 amide bonds. The molecular formula is C54H46F2N2O2S. The van der Waals surface area contributed by atoms with E-state index in [-0.39, 0.29) is 23.3 Å². The zero-order valence-electron chi connectivity index (χ0n) is 35.6. The molecule has 8 aromatic rings. The minimum absolute atomic E-state index is 0.105. The molecule has 0 bridgehead atoms. The lowest BCUT2D eigenvalue weighted by Crippen LogP contribution is -2.15. The summed E-state index contributed by atoms with van der Waals surface area (Å²) in [7, 11) is 0. The van der Waals surface area contributed by atoms with Crippen molar-refractivity contribution in [3.63, 3.8) is 0 Å². The van der Waals surface area contributed by atoms with Gasteiger partial charge in [-0.1, -0.05) is 100 Å². The third-order valence-corrected chi connectivity index (χ3v) is 13.2. The van der Waals surface area contributed by atoms with Gasteiger partial charge in [0.1, 0.15) is 22.5 Å². The van der Waals surface area contributed by atoms with Gasteiger partial charge in [-0.05, 0) is 154 Å². The van der Waals surface area contributed by atoms with E-state index in [1.807, 2.05) is 88.4 Å². The normalized spacial score (nSPS) is 14.3. The summed E-state index contributed by atoms with van der Waals surface area (Å²) < 4.78 is 54.7. The summed E-state index contributed by atoms with van der Waals surface area (Å²) in [6.45, 7) is 16.9. The molecule has 2 aliphatic carbocycles. The number of aromatic nitrogens is 2. The third-order valence-electron chi connectivity index (χ3n) is 12.6. The van der Waals surface area contributed by atoms with Gasteiger partial charge in [-0.2, -0.15) is 8.75 Å². The van der Waals surface area contributed by atoms with E-state index in [2.05, 4.69) is 97.1 Å². The van der Waals surface area contributed by atoms with Crippen molar-refractivity contribution in [1.29, 1.82) is 0 Å². The molecular weight excluding hydrogens is 779 g/mol. The molecule has 1 aromatic heterocycles. The summed E-state index contributed by atoms with van der Waals surface area (Å²) in [6.07, 6.45) is 0.209. The van der Waals surface area contributed by atoms with Gasteiger partial charge in [-0.15, -0.1) is 0 Å². The zero-order chi connectivity index (χ0) is 42.5. The van der Waals surface area contributed by atoms with Crippen molar-refractivity contribution in [2.75, 3.05) is 0 Å². The summed E-state index contributed by atoms with van der Waals surface area (Å²) in [6, 6.07) is 41.4. The monoisotopic (exact) mass is 824 g/mol. The smallest absolute Gasteiger partial charge is 0.169 e. The van der Waals surface area contributed by atoms with E-state index in [4.69, 9.17) is 9.47 Å². The first-order valence-electron chi connectivity index (χ1n) is 21.0. The number of nitrogens with zero attached hydrogens (tertiary/aromatic N) is 2. The lowest BCUT2D eigenvalue weighted by atomic mass is 9.80. The highest BCUT2D eigenvalue weighted by Gasteiger charge is 2.38. The maximum absolute atomic E-state index is 16.9. The molecule has 4 nitrogen and oxygen atoms in total. The Morgan fingerprint density at radius 2 is 0.721 bits per heavy atom. The lowest BCUT2D eigenvalue weighted by molar-refractivity contribution is 0.242. The minimum atomic E-state index is -0.923. The molecule has 7 heteroatoms. The molecule has 1 heterocycles. The molecule has 0 saturated carbocycles. The average molecular weight is 825 g/mol. The van der Waals surface area contributed by atoms with Gasteiger partial charge >= 0.3 is 0 Å². The molecule has 10 rings (SSSR count). The molecule has 0 radical (unpaired) electrons. The summed E-state index contributed by atoms with van der Waals surface area (Å²) >= 11 is 0.975. The van der Waals surface area contributed by atoms with Gasteiger partial charge in [0, 0.05) is 22.0 Å². The fraction of sp³-hybridized carbons (Fsp3) is 0.222. The molecule has 0 spiro atoms. The number of benzene rings is 7. The van der Waals surface area contributed by atoms with Crippen LogP contribution in [0.25, 0.3) is 77.8 Å². The second-order valence-corrected chi connectivity index (χ2v) is 18.5. The van der Waals surface area contributed by atoms with Crippen molar-refractivity contribution >= 4 is 22.8 Å². The predicted octanol–water partition coefficient (Wildman–Crippen LogP) is 14.8. The van der Waals surface area contributed by atoms with E-state index in [1.165, 1.54) is 11.1 Å². The van der Waals surface area contributed by atoms with Crippen molar-refractivity contribution in [3.05, 3.63) is 155 Å². The Morgan fingerprint density at radius 3 is 1.05 bits per heavy atom. The Labute approximate surface area is 360 Å². The van der Waals surface area contributed by atoms with Gasteiger partial charge in [0.15, 0.2) is 11.6 Å². The minimum Gasteiger partial charge on any atom is -0.491 e. The number of fused-ring (bicyclic) bond motifs is 7. The maximum Gasteiger partial charge on any atom is 0.169 e. The molecule has 0 fully saturated rings. The maximum atomic E-state index is 16.9. The first kappa shape index (κ1) is 39.0. The molecule has 7 aromatic carbocycles. The second kappa shape index (κ2) is 14.2. The van der Waals surface area contributed by atoms with E-state index in [9.17, 15) is 0 Å². The van der Waals surface area contributed by atoms with Crippen LogP contribution >= 0.6 is 11.7 Å². The van der Waals surface area contributed by atoms with E-state index in [1.54, 1.807) is 0 Å². The van der Waals surface area contributed by atoms with Gasteiger partial charge < -0.3 is 9.47 Å². The highest BCUT2D eigenvalue weighted by Crippen LogP contribution is 2.53. The summed E-state index contributed by atoms with van der Waals surface area (Å²) in [5.41, 5.74) is 14.7. The fourth-order valence-corrected chi connectivity index (χ4v) is 10.2. The molecule has 2 aliphatic rings. The van der Waals surface area contributed by atoms with Crippen LogP contribution in [-0.4, -0.2) is 21.0 Å². The van der Waals surface area contributed by atoms with E-state index in [0.29, 0.717) is 22.2 Å². The summed E-state index contributed by atoms with van der Waals surface area (Å²) in [4.78, 5) is 0.